The highest BCUT2D eigenvalue weighted by Crippen LogP contribution is 2.26. The number of halogens is 1. The van der Waals surface area contributed by atoms with Crippen LogP contribution in [0.4, 0.5) is 5.69 Å². The highest BCUT2D eigenvalue weighted by atomic mass is 35.5. The van der Waals surface area contributed by atoms with Gasteiger partial charge in [0.2, 0.25) is 0 Å². The van der Waals surface area contributed by atoms with Crippen LogP contribution in [-0.4, -0.2) is 33.4 Å². The number of carbonyl (C=O) groups excluding carboxylic acids is 1. The van der Waals surface area contributed by atoms with Gasteiger partial charge in [-0.25, -0.2) is 8.42 Å². The third-order valence-corrected chi connectivity index (χ3v) is 6.23. The van der Waals surface area contributed by atoms with Crippen molar-refractivity contribution in [1.29, 1.82) is 0 Å². The van der Waals surface area contributed by atoms with Crippen molar-refractivity contribution in [2.45, 2.75) is 11.4 Å². The first-order valence-corrected chi connectivity index (χ1v) is 10.9. The summed E-state index contributed by atoms with van der Waals surface area (Å²) in [5, 5.41) is 0.584. The molecule has 8 heteroatoms. The molecule has 3 rings (SSSR count). The smallest absolute Gasteiger partial charge is 0.262 e. The fourth-order valence-electron chi connectivity index (χ4n) is 2.88. The van der Waals surface area contributed by atoms with Gasteiger partial charge in [-0.2, -0.15) is 0 Å². The third-order valence-electron chi connectivity index (χ3n) is 4.47. The molecular formula is C22H21ClN2O4S. The predicted octanol–water partition coefficient (Wildman–Crippen LogP) is 4.42. The summed E-state index contributed by atoms with van der Waals surface area (Å²) in [5.74, 6) is 0.172. The maximum absolute atomic E-state index is 12.7. The molecule has 3 aromatic rings. The molecule has 0 saturated heterocycles. The molecule has 30 heavy (non-hydrogen) atoms. The molecule has 1 amide bonds. The fourth-order valence-corrected chi connectivity index (χ4v) is 4.15. The highest BCUT2D eigenvalue weighted by Gasteiger charge is 2.18. The minimum absolute atomic E-state index is 0.0405. The van der Waals surface area contributed by atoms with Gasteiger partial charge in [0.15, 0.2) is 0 Å². The number of rotatable bonds is 7. The molecule has 0 unspecified atom stereocenters. The van der Waals surface area contributed by atoms with Crippen LogP contribution in [0.25, 0.3) is 0 Å². The van der Waals surface area contributed by atoms with E-state index in [2.05, 4.69) is 4.72 Å². The highest BCUT2D eigenvalue weighted by molar-refractivity contribution is 7.92. The van der Waals surface area contributed by atoms with Crippen molar-refractivity contribution in [3.8, 4) is 5.75 Å². The number of nitrogens with zero attached hydrogens (tertiary/aromatic N) is 1. The van der Waals surface area contributed by atoms with Crippen LogP contribution in [0, 0.1) is 0 Å². The zero-order chi connectivity index (χ0) is 21.7. The normalized spacial score (nSPS) is 11.0. The molecule has 0 aliphatic carbocycles. The van der Waals surface area contributed by atoms with Crippen LogP contribution in [0.1, 0.15) is 15.9 Å². The third kappa shape index (κ3) is 4.93. The molecule has 0 aromatic heterocycles. The number of hydrogen-bond acceptors (Lipinski definition) is 4. The summed E-state index contributed by atoms with van der Waals surface area (Å²) in [4.78, 5) is 14.3. The molecule has 0 radical (unpaired) electrons. The van der Waals surface area contributed by atoms with E-state index in [1.54, 1.807) is 37.4 Å². The second kappa shape index (κ2) is 9.19. The van der Waals surface area contributed by atoms with E-state index < -0.39 is 10.0 Å². The Kier molecular flexibility index (Phi) is 6.64. The first kappa shape index (κ1) is 21.7. The van der Waals surface area contributed by atoms with Crippen LogP contribution < -0.4 is 9.46 Å². The van der Waals surface area contributed by atoms with E-state index in [0.717, 1.165) is 5.56 Å². The molecule has 0 heterocycles. The minimum Gasteiger partial charge on any atom is -0.495 e. The van der Waals surface area contributed by atoms with Gasteiger partial charge in [0.05, 0.1) is 17.7 Å². The molecule has 0 bridgehead atoms. The number of ether oxygens (including phenoxy) is 1. The van der Waals surface area contributed by atoms with Gasteiger partial charge in [-0.05, 0) is 48.0 Å². The zero-order valence-electron chi connectivity index (χ0n) is 16.5. The van der Waals surface area contributed by atoms with E-state index in [1.807, 2.05) is 18.2 Å². The summed E-state index contributed by atoms with van der Waals surface area (Å²) in [7, 11) is -0.704. The van der Waals surface area contributed by atoms with E-state index >= 15 is 0 Å². The number of sulfonamides is 1. The van der Waals surface area contributed by atoms with Crippen molar-refractivity contribution in [3.63, 3.8) is 0 Å². The van der Waals surface area contributed by atoms with Gasteiger partial charge in [-0.15, -0.1) is 0 Å². The molecule has 0 aliphatic heterocycles. The quantitative estimate of drug-likeness (QED) is 0.585. The average Bonchev–Trinajstić information content (AvgIpc) is 2.75. The van der Waals surface area contributed by atoms with Crippen molar-refractivity contribution in [3.05, 3.63) is 88.9 Å². The number of nitrogens with one attached hydrogen (secondary N) is 1. The first-order valence-electron chi connectivity index (χ1n) is 9.06. The van der Waals surface area contributed by atoms with Crippen LogP contribution in [0.3, 0.4) is 0 Å². The molecule has 156 valence electrons. The largest absolute Gasteiger partial charge is 0.495 e. The van der Waals surface area contributed by atoms with E-state index in [1.165, 1.54) is 36.3 Å². The SMILES string of the molecule is COc1ccccc1NS(=O)(=O)c1ccc(C(=O)N(C)Cc2ccccc2Cl)cc1. The van der Waals surface area contributed by atoms with Gasteiger partial charge in [-0.3, -0.25) is 9.52 Å². The van der Waals surface area contributed by atoms with Gasteiger partial charge < -0.3 is 9.64 Å². The Morgan fingerprint density at radius 2 is 1.63 bits per heavy atom. The second-order valence-electron chi connectivity index (χ2n) is 6.58. The van der Waals surface area contributed by atoms with Crippen LogP contribution in [0.5, 0.6) is 5.75 Å². The maximum atomic E-state index is 12.7. The molecule has 0 fully saturated rings. The number of anilines is 1. The fraction of sp³-hybridized carbons (Fsp3) is 0.136. The Hall–Kier alpha value is -3.03. The van der Waals surface area contributed by atoms with Gasteiger partial charge in [0.25, 0.3) is 15.9 Å². The lowest BCUT2D eigenvalue weighted by atomic mass is 10.1. The summed E-state index contributed by atoms with van der Waals surface area (Å²) < 4.78 is 33.0. The Labute approximate surface area is 181 Å². The summed E-state index contributed by atoms with van der Waals surface area (Å²) in [6, 6.07) is 19.8. The Bertz CT molecular complexity index is 1150. The summed E-state index contributed by atoms with van der Waals surface area (Å²) in [5.41, 5.74) is 1.54. The Balaban J connectivity index is 1.75. The lowest BCUT2D eigenvalue weighted by Gasteiger charge is -2.18. The molecule has 0 saturated carbocycles. The van der Waals surface area contributed by atoms with Gasteiger partial charge in [-0.1, -0.05) is 41.9 Å². The Morgan fingerprint density at radius 3 is 2.30 bits per heavy atom. The molecule has 0 spiro atoms. The van der Waals surface area contributed by atoms with Gasteiger partial charge in [0.1, 0.15) is 5.75 Å². The van der Waals surface area contributed by atoms with Crippen molar-refractivity contribution in [2.24, 2.45) is 0 Å². The first-order chi connectivity index (χ1) is 14.3. The van der Waals surface area contributed by atoms with Crippen molar-refractivity contribution >= 4 is 33.2 Å². The summed E-state index contributed by atoms with van der Waals surface area (Å²) >= 11 is 6.16. The lowest BCUT2D eigenvalue weighted by molar-refractivity contribution is 0.0785. The molecule has 6 nitrogen and oxygen atoms in total. The molecule has 0 aliphatic rings. The zero-order valence-corrected chi connectivity index (χ0v) is 18.1. The van der Waals surface area contributed by atoms with E-state index in [4.69, 9.17) is 16.3 Å². The number of para-hydroxylation sites is 2. The van der Waals surface area contributed by atoms with Crippen LogP contribution >= 0.6 is 11.6 Å². The minimum atomic E-state index is -3.84. The van der Waals surface area contributed by atoms with E-state index in [0.29, 0.717) is 28.6 Å². The van der Waals surface area contributed by atoms with E-state index in [-0.39, 0.29) is 10.8 Å². The second-order valence-corrected chi connectivity index (χ2v) is 8.67. The molecule has 3 aromatic carbocycles. The monoisotopic (exact) mass is 444 g/mol. The Morgan fingerprint density at radius 1 is 1.00 bits per heavy atom. The number of carbonyl (C=O) groups is 1. The predicted molar refractivity (Wildman–Crippen MR) is 117 cm³/mol. The maximum Gasteiger partial charge on any atom is 0.262 e. The number of benzene rings is 3. The van der Waals surface area contributed by atoms with Crippen molar-refractivity contribution < 1.29 is 17.9 Å². The van der Waals surface area contributed by atoms with Crippen molar-refractivity contribution in [2.75, 3.05) is 18.9 Å². The molecule has 1 N–H and O–H groups in total. The standard InChI is InChI=1S/C22H21ClN2O4S/c1-25(15-17-7-3-4-8-19(17)23)22(26)16-11-13-18(14-12-16)30(27,28)24-20-9-5-6-10-21(20)29-2/h3-14,24H,15H2,1-2H3. The van der Waals surface area contributed by atoms with Gasteiger partial charge in [0, 0.05) is 24.2 Å². The van der Waals surface area contributed by atoms with Crippen molar-refractivity contribution in [1.82, 2.24) is 4.90 Å². The number of hydrogen-bond donors (Lipinski definition) is 1. The summed E-state index contributed by atoms with van der Waals surface area (Å²) in [6.45, 7) is 0.341. The molecule has 0 atom stereocenters. The summed E-state index contributed by atoms with van der Waals surface area (Å²) in [6.07, 6.45) is 0. The van der Waals surface area contributed by atoms with E-state index in [9.17, 15) is 13.2 Å². The van der Waals surface area contributed by atoms with Crippen LogP contribution in [0.15, 0.2) is 77.7 Å². The average molecular weight is 445 g/mol. The topological polar surface area (TPSA) is 75.7 Å². The van der Waals surface area contributed by atoms with Gasteiger partial charge >= 0.3 is 0 Å². The lowest BCUT2D eigenvalue weighted by Crippen LogP contribution is -2.26. The number of methoxy groups -OCH3 is 1. The number of amides is 1. The molecular weight excluding hydrogens is 424 g/mol. The van der Waals surface area contributed by atoms with Crippen LogP contribution in [-0.2, 0) is 16.6 Å². The van der Waals surface area contributed by atoms with Crippen LogP contribution in [0.2, 0.25) is 5.02 Å².